The molecular formula is C10H17N3O2. The van der Waals surface area contributed by atoms with E-state index in [-0.39, 0.29) is 18.2 Å². The van der Waals surface area contributed by atoms with E-state index in [1.54, 1.807) is 4.68 Å². The van der Waals surface area contributed by atoms with Gasteiger partial charge in [0.05, 0.1) is 24.4 Å². The third-order valence-electron chi connectivity index (χ3n) is 3.05. The Morgan fingerprint density at radius 3 is 2.87 bits per heavy atom. The highest BCUT2D eigenvalue weighted by molar-refractivity contribution is 5.05. The molecule has 1 saturated carbocycles. The number of rotatable bonds is 3. The number of aliphatic hydroxyl groups is 1. The minimum atomic E-state index is -0.486. The van der Waals surface area contributed by atoms with E-state index < -0.39 is 6.04 Å². The molecule has 4 N–H and O–H groups in total. The predicted molar refractivity (Wildman–Crippen MR) is 56.6 cm³/mol. The lowest BCUT2D eigenvalue weighted by Crippen LogP contribution is -2.20. The Bertz CT molecular complexity index is 376. The van der Waals surface area contributed by atoms with Crippen molar-refractivity contribution in [2.75, 3.05) is 6.61 Å². The van der Waals surface area contributed by atoms with Crippen molar-refractivity contribution in [2.24, 2.45) is 5.73 Å². The second kappa shape index (κ2) is 4.20. The molecule has 84 valence electrons. The lowest BCUT2D eigenvalue weighted by molar-refractivity contribution is 0.264. The summed E-state index contributed by atoms with van der Waals surface area (Å²) < 4.78 is 1.65. The van der Waals surface area contributed by atoms with Crippen molar-refractivity contribution in [1.29, 1.82) is 0 Å². The molecular weight excluding hydrogens is 194 g/mol. The van der Waals surface area contributed by atoms with E-state index in [4.69, 9.17) is 10.8 Å². The third kappa shape index (κ3) is 1.98. The second-order valence-electron chi connectivity index (χ2n) is 4.15. The van der Waals surface area contributed by atoms with Gasteiger partial charge >= 0.3 is 0 Å². The zero-order valence-electron chi connectivity index (χ0n) is 8.65. The van der Waals surface area contributed by atoms with Crippen LogP contribution in [0.2, 0.25) is 0 Å². The zero-order chi connectivity index (χ0) is 10.8. The van der Waals surface area contributed by atoms with Gasteiger partial charge in [0.15, 0.2) is 0 Å². The van der Waals surface area contributed by atoms with E-state index in [1.165, 1.54) is 18.9 Å². The highest BCUT2D eigenvalue weighted by Gasteiger charge is 2.20. The van der Waals surface area contributed by atoms with Gasteiger partial charge in [-0.3, -0.25) is 9.89 Å². The Kier molecular flexibility index (Phi) is 2.93. The summed E-state index contributed by atoms with van der Waals surface area (Å²) in [4.78, 5) is 11.6. The molecule has 0 amide bonds. The SMILES string of the molecule is NC(CO)c1cc(=O)n(C2CCCC2)[nH]1. The molecule has 0 spiro atoms. The van der Waals surface area contributed by atoms with Gasteiger partial charge in [0.1, 0.15) is 0 Å². The van der Waals surface area contributed by atoms with Gasteiger partial charge < -0.3 is 10.8 Å². The summed E-state index contributed by atoms with van der Waals surface area (Å²) in [7, 11) is 0. The maximum absolute atomic E-state index is 11.6. The average Bonchev–Trinajstić information content (AvgIpc) is 2.84. The van der Waals surface area contributed by atoms with E-state index >= 15 is 0 Å². The van der Waals surface area contributed by atoms with Crippen LogP contribution in [0.5, 0.6) is 0 Å². The van der Waals surface area contributed by atoms with Gasteiger partial charge in [-0.05, 0) is 12.8 Å². The topological polar surface area (TPSA) is 84.0 Å². The fraction of sp³-hybridized carbons (Fsp3) is 0.700. The molecule has 1 heterocycles. The Balaban J connectivity index is 2.24. The lowest BCUT2D eigenvalue weighted by atomic mass is 10.2. The second-order valence-corrected chi connectivity index (χ2v) is 4.15. The first-order chi connectivity index (χ1) is 7.22. The Morgan fingerprint density at radius 1 is 1.60 bits per heavy atom. The zero-order valence-corrected chi connectivity index (χ0v) is 8.65. The lowest BCUT2D eigenvalue weighted by Gasteiger charge is -2.10. The molecule has 1 aromatic heterocycles. The van der Waals surface area contributed by atoms with Crippen molar-refractivity contribution in [1.82, 2.24) is 9.78 Å². The summed E-state index contributed by atoms with van der Waals surface area (Å²) in [5, 5.41) is 11.9. The third-order valence-corrected chi connectivity index (χ3v) is 3.05. The van der Waals surface area contributed by atoms with Crippen molar-refractivity contribution in [3.05, 3.63) is 22.1 Å². The van der Waals surface area contributed by atoms with Crippen molar-refractivity contribution >= 4 is 0 Å². The van der Waals surface area contributed by atoms with Gasteiger partial charge in [-0.2, -0.15) is 0 Å². The maximum Gasteiger partial charge on any atom is 0.267 e. The highest BCUT2D eigenvalue weighted by atomic mass is 16.3. The molecule has 1 fully saturated rings. The smallest absolute Gasteiger partial charge is 0.267 e. The molecule has 1 aliphatic carbocycles. The predicted octanol–water partition coefficient (Wildman–Crippen LogP) is 0.284. The highest BCUT2D eigenvalue weighted by Crippen LogP contribution is 2.27. The molecule has 0 bridgehead atoms. The molecule has 15 heavy (non-hydrogen) atoms. The van der Waals surface area contributed by atoms with E-state index in [1.807, 2.05) is 0 Å². The van der Waals surface area contributed by atoms with E-state index in [0.29, 0.717) is 5.69 Å². The number of hydrogen-bond acceptors (Lipinski definition) is 3. The van der Waals surface area contributed by atoms with Gasteiger partial charge in [0.25, 0.3) is 5.56 Å². The first-order valence-corrected chi connectivity index (χ1v) is 5.40. The molecule has 1 aliphatic rings. The molecule has 1 aromatic rings. The maximum atomic E-state index is 11.6. The van der Waals surface area contributed by atoms with Gasteiger partial charge in [-0.15, -0.1) is 0 Å². The van der Waals surface area contributed by atoms with Crippen LogP contribution in [0, 0.1) is 0 Å². The number of nitrogens with zero attached hydrogens (tertiary/aromatic N) is 1. The first kappa shape index (κ1) is 10.4. The first-order valence-electron chi connectivity index (χ1n) is 5.40. The van der Waals surface area contributed by atoms with Crippen LogP contribution in [0.4, 0.5) is 0 Å². The molecule has 1 unspecified atom stereocenters. The van der Waals surface area contributed by atoms with Crippen LogP contribution in [-0.4, -0.2) is 21.5 Å². The molecule has 5 heteroatoms. The van der Waals surface area contributed by atoms with Crippen LogP contribution in [0.15, 0.2) is 10.9 Å². The van der Waals surface area contributed by atoms with E-state index in [2.05, 4.69) is 5.10 Å². The largest absolute Gasteiger partial charge is 0.394 e. The van der Waals surface area contributed by atoms with Crippen LogP contribution in [-0.2, 0) is 0 Å². The number of nitrogens with one attached hydrogen (secondary N) is 1. The Morgan fingerprint density at radius 2 is 2.27 bits per heavy atom. The summed E-state index contributed by atoms with van der Waals surface area (Å²) in [6, 6.07) is 1.29. The molecule has 0 radical (unpaired) electrons. The fourth-order valence-corrected chi connectivity index (χ4v) is 2.15. The van der Waals surface area contributed by atoms with Crippen LogP contribution >= 0.6 is 0 Å². The summed E-state index contributed by atoms with van der Waals surface area (Å²) >= 11 is 0. The Labute approximate surface area is 87.9 Å². The molecule has 0 saturated heterocycles. The average molecular weight is 211 g/mol. The number of nitrogens with two attached hydrogens (primary N) is 1. The summed E-state index contributed by atoms with van der Waals surface area (Å²) in [6.45, 7) is -0.148. The molecule has 0 aromatic carbocycles. The van der Waals surface area contributed by atoms with Crippen LogP contribution < -0.4 is 11.3 Å². The standard InChI is InChI=1S/C10H17N3O2/c11-8(6-14)9-5-10(15)13(12-9)7-3-1-2-4-7/h5,7-8,12,14H,1-4,6,11H2. The van der Waals surface area contributed by atoms with Gasteiger partial charge in [0.2, 0.25) is 0 Å². The molecule has 1 atom stereocenters. The van der Waals surface area contributed by atoms with Crippen molar-refractivity contribution in [3.8, 4) is 0 Å². The monoisotopic (exact) mass is 211 g/mol. The molecule has 0 aliphatic heterocycles. The molecule has 2 rings (SSSR count). The van der Waals surface area contributed by atoms with Crippen LogP contribution in [0.3, 0.4) is 0 Å². The van der Waals surface area contributed by atoms with Crippen molar-refractivity contribution < 1.29 is 5.11 Å². The van der Waals surface area contributed by atoms with Gasteiger partial charge in [-0.25, -0.2) is 4.68 Å². The number of aromatic amines is 1. The minimum absolute atomic E-state index is 0.0409. The van der Waals surface area contributed by atoms with E-state index in [9.17, 15) is 4.79 Å². The van der Waals surface area contributed by atoms with Gasteiger partial charge in [-0.1, -0.05) is 12.8 Å². The molecule has 5 nitrogen and oxygen atoms in total. The summed E-state index contributed by atoms with van der Waals surface area (Å²) in [5.41, 5.74) is 6.22. The number of aliphatic hydroxyl groups excluding tert-OH is 1. The minimum Gasteiger partial charge on any atom is -0.394 e. The van der Waals surface area contributed by atoms with Crippen LogP contribution in [0.1, 0.15) is 43.5 Å². The quantitative estimate of drug-likeness (QED) is 0.671. The number of aromatic nitrogens is 2. The summed E-state index contributed by atoms with van der Waals surface area (Å²) in [5.74, 6) is 0. The summed E-state index contributed by atoms with van der Waals surface area (Å²) in [6.07, 6.45) is 4.46. The Hall–Kier alpha value is -1.07. The number of H-pyrrole nitrogens is 1. The van der Waals surface area contributed by atoms with Crippen molar-refractivity contribution in [2.45, 2.75) is 37.8 Å². The normalized spacial score (nSPS) is 19.6. The van der Waals surface area contributed by atoms with Gasteiger partial charge in [0, 0.05) is 6.07 Å². The van der Waals surface area contributed by atoms with E-state index in [0.717, 1.165) is 12.8 Å². The fourth-order valence-electron chi connectivity index (χ4n) is 2.15. The number of hydrogen-bond donors (Lipinski definition) is 3. The van der Waals surface area contributed by atoms with Crippen molar-refractivity contribution in [3.63, 3.8) is 0 Å². The van der Waals surface area contributed by atoms with Crippen LogP contribution in [0.25, 0.3) is 0 Å².